The average Bonchev–Trinajstić information content (AvgIpc) is 3.37. The number of likely N-dealkylation sites (tertiary alicyclic amines) is 2. The first-order valence-electron chi connectivity index (χ1n) is 11.4. The Kier molecular flexibility index (Phi) is 6.44. The Morgan fingerprint density at radius 2 is 2.06 bits per heavy atom. The van der Waals surface area contributed by atoms with Crippen molar-refractivity contribution in [2.75, 3.05) is 19.6 Å². The minimum absolute atomic E-state index is 0.140. The number of aromatic nitrogens is 2. The van der Waals surface area contributed by atoms with Crippen LogP contribution in [0.3, 0.4) is 0 Å². The van der Waals surface area contributed by atoms with E-state index < -0.39 is 5.60 Å². The number of halogens is 1. The van der Waals surface area contributed by atoms with Crippen LogP contribution in [0.4, 0.5) is 4.39 Å². The normalized spacial score (nSPS) is 21.7. The number of rotatable bonds is 6. The van der Waals surface area contributed by atoms with Gasteiger partial charge in [-0.25, -0.2) is 9.37 Å². The standard InChI is InChI=1S/C24H33FN4O2/c1-18(2)22-26-10-14-29(22)17-24(31)8-12-27(13-9-24)23(30)21-7-4-11-28(21)16-19-5-3-6-20(25)15-19/h3,5-6,10,14-15,18,21,31H,4,7-9,11-13,16-17H2,1-2H3/t21-/m0/s1. The largest absolute Gasteiger partial charge is 0.388 e. The first-order valence-corrected chi connectivity index (χ1v) is 11.4. The van der Waals surface area contributed by atoms with Gasteiger partial charge in [0.05, 0.1) is 18.2 Å². The molecule has 0 saturated carbocycles. The molecule has 6 nitrogen and oxygen atoms in total. The van der Waals surface area contributed by atoms with Crippen LogP contribution in [-0.4, -0.2) is 61.6 Å². The van der Waals surface area contributed by atoms with Crippen molar-refractivity contribution in [1.82, 2.24) is 19.4 Å². The number of carbonyl (C=O) groups excluding carboxylic acids is 1. The second kappa shape index (κ2) is 9.09. The van der Waals surface area contributed by atoms with Gasteiger partial charge in [0.25, 0.3) is 0 Å². The third-order valence-corrected chi connectivity index (χ3v) is 6.66. The lowest BCUT2D eigenvalue weighted by Gasteiger charge is -2.40. The summed E-state index contributed by atoms with van der Waals surface area (Å²) >= 11 is 0. The van der Waals surface area contributed by atoms with Gasteiger partial charge in [0.1, 0.15) is 11.6 Å². The summed E-state index contributed by atoms with van der Waals surface area (Å²) in [5.74, 6) is 1.17. The third kappa shape index (κ3) is 4.99. The van der Waals surface area contributed by atoms with E-state index in [1.54, 1.807) is 18.3 Å². The Labute approximate surface area is 183 Å². The van der Waals surface area contributed by atoms with E-state index in [4.69, 9.17) is 0 Å². The molecule has 0 spiro atoms. The molecule has 0 aliphatic carbocycles. The number of piperidine rings is 1. The summed E-state index contributed by atoms with van der Waals surface area (Å²) in [6.07, 6.45) is 6.64. The minimum atomic E-state index is -0.821. The van der Waals surface area contributed by atoms with Crippen LogP contribution >= 0.6 is 0 Å². The van der Waals surface area contributed by atoms with E-state index in [2.05, 4.69) is 23.7 Å². The molecule has 2 fully saturated rings. The molecule has 168 valence electrons. The first-order chi connectivity index (χ1) is 14.8. The lowest BCUT2D eigenvalue weighted by atomic mass is 9.90. The van der Waals surface area contributed by atoms with Gasteiger partial charge in [-0.3, -0.25) is 9.69 Å². The smallest absolute Gasteiger partial charge is 0.239 e. The molecule has 1 atom stereocenters. The molecule has 0 unspecified atom stereocenters. The molecular formula is C24H33FN4O2. The molecule has 2 aliphatic heterocycles. The van der Waals surface area contributed by atoms with Gasteiger partial charge >= 0.3 is 0 Å². The number of amides is 1. The molecule has 3 heterocycles. The van der Waals surface area contributed by atoms with E-state index in [-0.39, 0.29) is 17.8 Å². The van der Waals surface area contributed by atoms with E-state index in [0.29, 0.717) is 44.9 Å². The lowest BCUT2D eigenvalue weighted by molar-refractivity contribution is -0.140. The molecule has 31 heavy (non-hydrogen) atoms. The third-order valence-electron chi connectivity index (χ3n) is 6.66. The van der Waals surface area contributed by atoms with Gasteiger partial charge in [-0.15, -0.1) is 0 Å². The minimum Gasteiger partial charge on any atom is -0.388 e. The van der Waals surface area contributed by atoms with E-state index >= 15 is 0 Å². The first kappa shape index (κ1) is 22.0. The zero-order valence-electron chi connectivity index (χ0n) is 18.5. The van der Waals surface area contributed by atoms with Crippen molar-refractivity contribution < 1.29 is 14.3 Å². The summed E-state index contributed by atoms with van der Waals surface area (Å²) in [5.41, 5.74) is 0.0758. The Morgan fingerprint density at radius 1 is 1.29 bits per heavy atom. The van der Waals surface area contributed by atoms with E-state index in [0.717, 1.165) is 30.8 Å². The van der Waals surface area contributed by atoms with Crippen LogP contribution in [0, 0.1) is 5.82 Å². The second-order valence-corrected chi connectivity index (χ2v) is 9.38. The summed E-state index contributed by atoms with van der Waals surface area (Å²) in [6.45, 7) is 7.27. The van der Waals surface area contributed by atoms with Crippen molar-refractivity contribution in [2.45, 2.75) is 70.2 Å². The van der Waals surface area contributed by atoms with Crippen LogP contribution in [0.2, 0.25) is 0 Å². The molecule has 2 aliphatic rings. The highest BCUT2D eigenvalue weighted by atomic mass is 19.1. The van der Waals surface area contributed by atoms with E-state index in [1.165, 1.54) is 6.07 Å². The molecular weight excluding hydrogens is 395 g/mol. The van der Waals surface area contributed by atoms with Gasteiger partial charge in [-0.1, -0.05) is 26.0 Å². The van der Waals surface area contributed by atoms with Crippen molar-refractivity contribution in [3.63, 3.8) is 0 Å². The molecule has 0 bridgehead atoms. The Morgan fingerprint density at radius 3 is 2.77 bits per heavy atom. The number of carbonyl (C=O) groups is 1. The SMILES string of the molecule is CC(C)c1nccn1CC1(O)CCN(C(=O)[C@@H]2CCCN2Cc2cccc(F)c2)CC1. The van der Waals surface area contributed by atoms with Gasteiger partial charge in [-0.2, -0.15) is 0 Å². The van der Waals surface area contributed by atoms with Crippen molar-refractivity contribution >= 4 is 5.91 Å². The second-order valence-electron chi connectivity index (χ2n) is 9.38. The number of aliphatic hydroxyl groups is 1. The maximum absolute atomic E-state index is 13.5. The number of hydrogen-bond acceptors (Lipinski definition) is 4. The van der Waals surface area contributed by atoms with E-state index in [9.17, 15) is 14.3 Å². The van der Waals surface area contributed by atoms with Gasteiger partial charge in [0, 0.05) is 37.9 Å². The van der Waals surface area contributed by atoms with Crippen LogP contribution in [-0.2, 0) is 17.9 Å². The fourth-order valence-electron chi connectivity index (χ4n) is 4.95. The van der Waals surface area contributed by atoms with Crippen molar-refractivity contribution in [3.05, 3.63) is 53.9 Å². The van der Waals surface area contributed by atoms with Crippen LogP contribution in [0.5, 0.6) is 0 Å². The van der Waals surface area contributed by atoms with Gasteiger partial charge in [0.2, 0.25) is 5.91 Å². The fourth-order valence-corrected chi connectivity index (χ4v) is 4.95. The number of hydrogen-bond donors (Lipinski definition) is 1. The molecule has 7 heteroatoms. The van der Waals surface area contributed by atoms with E-state index in [1.807, 2.05) is 21.7 Å². The van der Waals surface area contributed by atoms with Crippen LogP contribution in [0.15, 0.2) is 36.7 Å². The molecule has 1 N–H and O–H groups in total. The molecule has 1 aromatic heterocycles. The number of nitrogens with zero attached hydrogens (tertiary/aromatic N) is 4. The number of imidazole rings is 1. The zero-order chi connectivity index (χ0) is 22.0. The van der Waals surface area contributed by atoms with Crippen molar-refractivity contribution in [1.29, 1.82) is 0 Å². The predicted molar refractivity (Wildman–Crippen MR) is 117 cm³/mol. The Balaban J connectivity index is 1.35. The average molecular weight is 429 g/mol. The highest BCUT2D eigenvalue weighted by molar-refractivity contribution is 5.82. The monoisotopic (exact) mass is 428 g/mol. The molecule has 4 rings (SSSR count). The predicted octanol–water partition coefficient (Wildman–Crippen LogP) is 3.16. The summed E-state index contributed by atoms with van der Waals surface area (Å²) in [5, 5.41) is 11.2. The molecule has 2 saturated heterocycles. The molecule has 0 radical (unpaired) electrons. The highest BCUT2D eigenvalue weighted by Gasteiger charge is 2.39. The van der Waals surface area contributed by atoms with Crippen LogP contribution < -0.4 is 0 Å². The lowest BCUT2D eigenvalue weighted by Crippen LogP contribution is -2.53. The topological polar surface area (TPSA) is 61.6 Å². The highest BCUT2D eigenvalue weighted by Crippen LogP contribution is 2.28. The summed E-state index contributed by atoms with van der Waals surface area (Å²) in [4.78, 5) is 21.7. The van der Waals surface area contributed by atoms with Gasteiger partial charge < -0.3 is 14.6 Å². The fraction of sp³-hybridized carbons (Fsp3) is 0.583. The Bertz CT molecular complexity index is 904. The van der Waals surface area contributed by atoms with Gasteiger partial charge in [0.15, 0.2) is 0 Å². The zero-order valence-corrected chi connectivity index (χ0v) is 18.5. The molecule has 2 aromatic rings. The summed E-state index contributed by atoms with van der Waals surface area (Å²) in [7, 11) is 0. The van der Waals surface area contributed by atoms with Crippen LogP contribution in [0.25, 0.3) is 0 Å². The number of benzene rings is 1. The molecule has 1 aromatic carbocycles. The summed E-state index contributed by atoms with van der Waals surface area (Å²) in [6, 6.07) is 6.46. The van der Waals surface area contributed by atoms with Crippen molar-refractivity contribution in [3.8, 4) is 0 Å². The van der Waals surface area contributed by atoms with Crippen molar-refractivity contribution in [2.24, 2.45) is 0 Å². The van der Waals surface area contributed by atoms with Crippen LogP contribution in [0.1, 0.15) is 56.8 Å². The maximum Gasteiger partial charge on any atom is 0.239 e. The Hall–Kier alpha value is -2.25. The quantitative estimate of drug-likeness (QED) is 0.768. The maximum atomic E-state index is 13.5. The molecule has 1 amide bonds. The van der Waals surface area contributed by atoms with Gasteiger partial charge in [-0.05, 0) is 49.9 Å². The summed E-state index contributed by atoms with van der Waals surface area (Å²) < 4.78 is 15.6.